The number of benzene rings is 4. The van der Waals surface area contributed by atoms with Crippen LogP contribution in [0.2, 0.25) is 0 Å². The van der Waals surface area contributed by atoms with Gasteiger partial charge in [-0.05, 0) is 157 Å². The highest BCUT2D eigenvalue weighted by molar-refractivity contribution is 7.16. The molecule has 2 fully saturated rings. The number of pyridine rings is 2. The number of nitrogens with one attached hydrogen (secondary N) is 4. The van der Waals surface area contributed by atoms with Gasteiger partial charge in [-0.15, -0.1) is 22.7 Å². The van der Waals surface area contributed by atoms with Crippen molar-refractivity contribution in [2.45, 2.75) is 129 Å². The van der Waals surface area contributed by atoms with Crippen LogP contribution in [0.25, 0.3) is 22.1 Å². The minimum absolute atomic E-state index is 0.0658. The lowest BCUT2D eigenvalue weighted by atomic mass is 9.95. The van der Waals surface area contributed by atoms with E-state index in [1.165, 1.54) is 29.0 Å². The summed E-state index contributed by atoms with van der Waals surface area (Å²) in [6, 6.07) is 34.0. The van der Waals surface area contributed by atoms with Crippen LogP contribution in [0.4, 0.5) is 26.7 Å². The molecule has 0 unspecified atom stereocenters. The van der Waals surface area contributed by atoms with E-state index in [4.69, 9.17) is 53.8 Å². The van der Waals surface area contributed by atoms with E-state index in [2.05, 4.69) is 55.1 Å². The van der Waals surface area contributed by atoms with Crippen molar-refractivity contribution in [3.63, 3.8) is 0 Å². The fourth-order valence-corrected chi connectivity index (χ4v) is 14.4. The van der Waals surface area contributed by atoms with Crippen LogP contribution in [0, 0.1) is 0 Å². The molecule has 0 bridgehead atoms. The number of thiazole rings is 2. The third-order valence-corrected chi connectivity index (χ3v) is 19.6. The van der Waals surface area contributed by atoms with Crippen LogP contribution in [-0.2, 0) is 48.6 Å². The number of ether oxygens (including phenoxy) is 5. The normalized spacial score (nSPS) is 15.6. The Balaban J connectivity index is 0.000000183. The maximum absolute atomic E-state index is 13.1. The first-order chi connectivity index (χ1) is 48.8. The summed E-state index contributed by atoms with van der Waals surface area (Å²) in [5.41, 5.74) is 6.06. The van der Waals surface area contributed by atoms with E-state index in [0.29, 0.717) is 93.5 Å². The second-order valence-electron chi connectivity index (χ2n) is 26.5. The molecule has 101 heavy (non-hydrogen) atoms. The summed E-state index contributed by atoms with van der Waals surface area (Å²) in [6.07, 6.45) is 12.7. The van der Waals surface area contributed by atoms with Gasteiger partial charge in [-0.3, -0.25) is 25.0 Å². The minimum atomic E-state index is -0.833. The van der Waals surface area contributed by atoms with Crippen molar-refractivity contribution in [2.75, 3.05) is 75.8 Å². The number of likely N-dealkylation sites (N-methyl/N-ethyl adjacent to an activating group) is 2. The van der Waals surface area contributed by atoms with E-state index in [-0.39, 0.29) is 23.9 Å². The van der Waals surface area contributed by atoms with Crippen molar-refractivity contribution >= 4 is 90.5 Å². The monoisotopic (exact) mass is 1410 g/mol. The quantitative estimate of drug-likeness (QED) is 0.0534. The molecule has 1 aliphatic carbocycles. The molecule has 6 aromatic heterocycles. The molecule has 4 aromatic carbocycles. The molecule has 9 heterocycles. The van der Waals surface area contributed by atoms with Crippen molar-refractivity contribution in [3.8, 4) is 34.5 Å². The Morgan fingerprint density at radius 3 is 1.43 bits per heavy atom. The van der Waals surface area contributed by atoms with Crippen LogP contribution in [-0.4, -0.2) is 155 Å². The number of carboxylic acids is 1. The number of likely N-dealkylation sites (tertiary alicyclic amines) is 1. The molecule has 5 N–H and O–H groups in total. The van der Waals surface area contributed by atoms with E-state index in [0.717, 1.165) is 122 Å². The van der Waals surface area contributed by atoms with Gasteiger partial charge in [0.05, 0.1) is 38.7 Å². The molecule has 1 saturated heterocycles. The number of hydrogen-bond acceptors (Lipinski definition) is 21. The number of aliphatic carboxylic acids is 1. The number of carbonyl (C=O) groups is 4. The lowest BCUT2D eigenvalue weighted by molar-refractivity contribution is -0.134. The standard InChI is InChI=1S/C38H44N8O5S.C34H37N7O3S.C2H4O2/c1-38(2,3)51-37(48)45-19-6-7-26(22-45)40-33-32-30(16-18-39-34(32)46(43-33)21-24-8-12-27(49-5)13-9-24)50-28-14-10-25(11-15-28)35(47)42-36-41-29-23-44(4)20-17-31(29)52-36;1-40-19-17-29-27(21-40)37-34(45-29)38-33(42)23-10-14-26(15-11-23)44-28-16-18-35-32-30(28)31(36-24-6-4-3-5-7-24)39-41(32)20-22-8-12-25(43-2)13-9-22;1-2(3)4/h8-16,18,26H,6-7,17,19-23H2,1-5H3,(H,40,43)(H,41,42,47);8-16,18,24H,3-7,17,19-21H2,1-2H3,(H,36,39)(H,37,38,42);1H3,(H,3,4)/t26-;;/m1../s1. The Kier molecular flexibility index (Phi) is 22.4. The van der Waals surface area contributed by atoms with Gasteiger partial charge >= 0.3 is 6.09 Å². The highest BCUT2D eigenvalue weighted by Gasteiger charge is 2.31. The van der Waals surface area contributed by atoms with Gasteiger partial charge in [0.1, 0.15) is 50.9 Å². The summed E-state index contributed by atoms with van der Waals surface area (Å²) in [7, 11) is 7.47. The Morgan fingerprint density at radius 1 is 0.564 bits per heavy atom. The molecule has 10 aromatic rings. The third-order valence-electron chi connectivity index (χ3n) is 17.5. The topological polar surface area (TPSA) is 280 Å². The smallest absolute Gasteiger partial charge is 0.410 e. The first kappa shape index (κ1) is 70.6. The predicted octanol–water partition coefficient (Wildman–Crippen LogP) is 13.6. The number of amides is 3. The summed E-state index contributed by atoms with van der Waals surface area (Å²) in [5.74, 6) is 4.13. The minimum Gasteiger partial charge on any atom is -0.497 e. The number of methoxy groups -OCH3 is 2. The maximum atomic E-state index is 13.1. The van der Waals surface area contributed by atoms with Crippen molar-refractivity contribution in [1.29, 1.82) is 0 Å². The number of fused-ring (bicyclic) bond motifs is 4. The van der Waals surface area contributed by atoms with Crippen LogP contribution >= 0.6 is 22.7 Å². The first-order valence-corrected chi connectivity index (χ1v) is 35.6. The second-order valence-corrected chi connectivity index (χ2v) is 28.7. The summed E-state index contributed by atoms with van der Waals surface area (Å²) in [5, 5.41) is 33.5. The number of carbonyl (C=O) groups excluding carboxylic acids is 3. The third kappa shape index (κ3) is 18.2. The molecular weight excluding hydrogens is 1320 g/mol. The molecule has 27 heteroatoms. The number of aromatic nitrogens is 8. The van der Waals surface area contributed by atoms with Gasteiger partial charge < -0.3 is 54.1 Å². The fourth-order valence-electron chi connectivity index (χ4n) is 12.5. The Morgan fingerprint density at radius 2 is 0.990 bits per heavy atom. The van der Waals surface area contributed by atoms with E-state index >= 15 is 0 Å². The number of hydrogen-bond donors (Lipinski definition) is 5. The number of carboxylic acid groups (broad SMARTS) is 1. The Bertz CT molecular complexity index is 4520. The number of nitrogens with zero attached hydrogens (tertiary/aromatic N) is 11. The zero-order valence-corrected chi connectivity index (χ0v) is 59.7. The van der Waals surface area contributed by atoms with Gasteiger partial charge in [-0.25, -0.2) is 34.1 Å². The van der Waals surface area contributed by atoms with Gasteiger partial charge in [0, 0.05) is 104 Å². The molecule has 1 atom stereocenters. The summed E-state index contributed by atoms with van der Waals surface area (Å²) in [4.78, 5) is 75.5. The summed E-state index contributed by atoms with van der Waals surface area (Å²) < 4.78 is 33.0. The average molecular weight is 1410 g/mol. The number of anilines is 4. The molecule has 0 radical (unpaired) electrons. The van der Waals surface area contributed by atoms with Crippen LogP contribution in [0.1, 0.15) is 126 Å². The molecular formula is C74H85N15O10S2. The lowest BCUT2D eigenvalue weighted by Gasteiger charge is -2.34. The Labute approximate surface area is 594 Å². The van der Waals surface area contributed by atoms with Gasteiger partial charge in [0.15, 0.2) is 33.2 Å². The van der Waals surface area contributed by atoms with Gasteiger partial charge in [-0.1, -0.05) is 43.5 Å². The first-order valence-electron chi connectivity index (χ1n) is 34.0. The lowest BCUT2D eigenvalue weighted by Crippen LogP contribution is -2.47. The van der Waals surface area contributed by atoms with Crippen LogP contribution in [0.5, 0.6) is 34.5 Å². The maximum Gasteiger partial charge on any atom is 0.410 e. The molecule has 14 rings (SSSR count). The van der Waals surface area contributed by atoms with Crippen molar-refractivity contribution in [3.05, 3.63) is 165 Å². The SMILES string of the molecule is CC(=O)O.COc1ccc(Cn2nc(NC3CCCCC3)c3c(Oc4ccc(C(=O)Nc5nc6c(s5)CCN(C)C6)cc4)ccnc32)cc1.COc1ccc(Cn2nc(N[C@@H]3CCCN(C(=O)OC(C)(C)C)C3)c3c(Oc4ccc(C(=O)Nc5nc6c(s5)CCN(C)C6)cc4)ccnc32)cc1. The van der Waals surface area contributed by atoms with Crippen LogP contribution in [0.3, 0.4) is 0 Å². The van der Waals surface area contributed by atoms with E-state index < -0.39 is 11.6 Å². The van der Waals surface area contributed by atoms with E-state index in [1.807, 2.05) is 103 Å². The van der Waals surface area contributed by atoms with Crippen molar-refractivity contribution < 1.29 is 48.0 Å². The van der Waals surface area contributed by atoms with Crippen molar-refractivity contribution in [1.82, 2.24) is 54.2 Å². The van der Waals surface area contributed by atoms with Gasteiger partial charge in [0.2, 0.25) is 0 Å². The summed E-state index contributed by atoms with van der Waals surface area (Å²) in [6.45, 7) is 12.4. The van der Waals surface area contributed by atoms with E-state index in [1.54, 1.807) is 90.6 Å². The molecule has 3 aliphatic heterocycles. The largest absolute Gasteiger partial charge is 0.497 e. The van der Waals surface area contributed by atoms with Gasteiger partial charge in [0.25, 0.3) is 17.8 Å². The molecule has 3 amide bonds. The average Bonchev–Trinajstić information content (AvgIpc) is 1.64. The molecule has 4 aliphatic rings. The highest BCUT2D eigenvalue weighted by atomic mass is 32.1. The van der Waals surface area contributed by atoms with Crippen molar-refractivity contribution in [2.24, 2.45) is 0 Å². The number of piperidine rings is 1. The molecule has 1 saturated carbocycles. The van der Waals surface area contributed by atoms with Gasteiger partial charge in [-0.2, -0.15) is 10.2 Å². The summed E-state index contributed by atoms with van der Waals surface area (Å²) >= 11 is 3.11. The zero-order chi connectivity index (χ0) is 70.7. The van der Waals surface area contributed by atoms with Crippen LogP contribution in [0.15, 0.2) is 122 Å². The molecule has 528 valence electrons. The number of rotatable bonds is 18. The predicted molar refractivity (Wildman–Crippen MR) is 391 cm³/mol. The van der Waals surface area contributed by atoms with E-state index in [9.17, 15) is 14.4 Å². The highest BCUT2D eigenvalue weighted by Crippen LogP contribution is 2.39. The molecule has 25 nitrogen and oxygen atoms in total. The fraction of sp³-hybridized carbons (Fsp3) is 0.378. The Hall–Kier alpha value is -10.2. The molecule has 0 spiro atoms. The van der Waals surface area contributed by atoms with Crippen LogP contribution < -0.4 is 40.2 Å². The zero-order valence-electron chi connectivity index (χ0n) is 58.1. The second kappa shape index (κ2) is 32.0.